The van der Waals surface area contributed by atoms with Crippen molar-refractivity contribution in [2.45, 2.75) is 31.6 Å². The van der Waals surface area contributed by atoms with Gasteiger partial charge in [-0.25, -0.2) is 9.97 Å². The van der Waals surface area contributed by atoms with Gasteiger partial charge in [0.25, 0.3) is 0 Å². The fourth-order valence-corrected chi connectivity index (χ4v) is 7.33. The highest BCUT2D eigenvalue weighted by Crippen LogP contribution is 2.56. The van der Waals surface area contributed by atoms with Crippen molar-refractivity contribution in [3.8, 4) is 39.6 Å². The maximum absolute atomic E-state index is 15.3. The maximum Gasteiger partial charge on any atom is 0.411 e. The van der Waals surface area contributed by atoms with Crippen molar-refractivity contribution in [1.82, 2.24) is 14.5 Å². The van der Waals surface area contributed by atoms with Crippen LogP contribution in [0.5, 0.6) is 0 Å². The fourth-order valence-electron chi connectivity index (χ4n) is 7.33. The van der Waals surface area contributed by atoms with Crippen molar-refractivity contribution in [1.29, 1.82) is 0 Å². The lowest BCUT2D eigenvalue weighted by Gasteiger charge is -2.38. The molecule has 268 valence electrons. The molecule has 0 saturated carbocycles. The highest BCUT2D eigenvalue weighted by atomic mass is 19.4. The highest BCUT2D eigenvalue weighted by molar-refractivity contribution is 6.09. The van der Waals surface area contributed by atoms with Crippen molar-refractivity contribution in [2.24, 2.45) is 0 Å². The number of rotatable bonds is 6. The quantitative estimate of drug-likeness (QED) is 0.160. The molecule has 9 heteroatoms. The Morgan fingerprint density at radius 3 is 1.33 bits per heavy atom. The summed E-state index contributed by atoms with van der Waals surface area (Å²) in [5.41, 5.74) is 0.570. The van der Waals surface area contributed by atoms with Crippen LogP contribution >= 0.6 is 0 Å². The van der Waals surface area contributed by atoms with Gasteiger partial charge in [0.2, 0.25) is 5.41 Å². The zero-order valence-electron chi connectivity index (χ0n) is 29.0. The van der Waals surface area contributed by atoms with Gasteiger partial charge < -0.3 is 4.57 Å². The monoisotopic (exact) mass is 727 g/mol. The zero-order valence-corrected chi connectivity index (χ0v) is 29.0. The van der Waals surface area contributed by atoms with Crippen LogP contribution in [0.4, 0.5) is 26.3 Å². The van der Waals surface area contributed by atoms with Gasteiger partial charge in [-0.3, -0.25) is 0 Å². The third-order valence-electron chi connectivity index (χ3n) is 9.93. The molecule has 0 unspecified atom stereocenters. The summed E-state index contributed by atoms with van der Waals surface area (Å²) in [5, 5.41) is 1.88. The minimum absolute atomic E-state index is 0.334. The Labute approximate surface area is 307 Å². The molecule has 8 rings (SSSR count). The van der Waals surface area contributed by atoms with E-state index in [4.69, 9.17) is 4.98 Å². The Morgan fingerprint density at radius 1 is 0.444 bits per heavy atom. The first-order valence-electron chi connectivity index (χ1n) is 17.2. The summed E-state index contributed by atoms with van der Waals surface area (Å²) in [7, 11) is 0. The Morgan fingerprint density at radius 2 is 0.870 bits per heavy atom. The molecule has 54 heavy (non-hydrogen) atoms. The molecule has 0 aliphatic heterocycles. The minimum atomic E-state index is -5.74. The van der Waals surface area contributed by atoms with Crippen molar-refractivity contribution in [2.75, 3.05) is 0 Å². The molecule has 0 aliphatic rings. The zero-order chi connectivity index (χ0) is 37.8. The van der Waals surface area contributed by atoms with Gasteiger partial charge in [0.1, 0.15) is 0 Å². The van der Waals surface area contributed by atoms with E-state index in [-0.39, 0.29) is 0 Å². The number of halogens is 6. The lowest BCUT2D eigenvalue weighted by atomic mass is 9.72. The van der Waals surface area contributed by atoms with Crippen molar-refractivity contribution in [3.05, 3.63) is 174 Å². The average Bonchev–Trinajstić information content (AvgIpc) is 3.47. The van der Waals surface area contributed by atoms with Gasteiger partial charge in [0.05, 0.1) is 22.4 Å². The Bertz CT molecular complexity index is 2490. The second-order valence-corrected chi connectivity index (χ2v) is 13.4. The summed E-state index contributed by atoms with van der Waals surface area (Å²) in [6.45, 7) is 3.93. The van der Waals surface area contributed by atoms with E-state index >= 15 is 26.3 Å². The molecule has 0 radical (unpaired) electrons. The van der Waals surface area contributed by atoms with E-state index in [1.807, 2.05) is 115 Å². The number of alkyl halides is 6. The van der Waals surface area contributed by atoms with Crippen molar-refractivity contribution >= 4 is 21.8 Å². The second-order valence-electron chi connectivity index (χ2n) is 13.4. The Balaban J connectivity index is 1.25. The molecule has 0 atom stereocenters. The van der Waals surface area contributed by atoms with E-state index in [0.29, 0.717) is 34.0 Å². The average molecular weight is 728 g/mol. The van der Waals surface area contributed by atoms with Crippen LogP contribution in [0.25, 0.3) is 61.4 Å². The molecule has 0 N–H and O–H groups in total. The van der Waals surface area contributed by atoms with Crippen LogP contribution in [0.1, 0.15) is 22.3 Å². The normalized spacial score (nSPS) is 12.4. The summed E-state index contributed by atoms with van der Waals surface area (Å²) in [5.74, 6) is 0.365. The summed E-state index contributed by atoms with van der Waals surface area (Å²) in [4.78, 5) is 9.39. The molecular formula is C45H31F6N3. The molecule has 0 spiro atoms. The molecule has 3 nitrogen and oxygen atoms in total. The largest absolute Gasteiger partial charge is 0.411 e. The second kappa shape index (κ2) is 13.0. The standard InChI is InChI=1S/C45H31F6N3/c1-28-13-23-40-36(25-28)37-26-29(2)14-24-41(37)54(40)35-21-19-34(20-22-35)43(44(46,47)48,45(49,50)51)33-17-15-31(16-18-33)39-27-38(30-9-5-3-6-10-30)52-42(53-39)32-11-7-4-8-12-32/h3-27H,1-2H3. The summed E-state index contributed by atoms with van der Waals surface area (Å²) >= 11 is 0. The van der Waals surface area contributed by atoms with Crippen LogP contribution in [0.3, 0.4) is 0 Å². The van der Waals surface area contributed by atoms with E-state index in [9.17, 15) is 0 Å². The fraction of sp³-hybridized carbons (Fsp3) is 0.111. The SMILES string of the molecule is Cc1ccc2c(c1)c1cc(C)ccc1n2-c1ccc(C(c2ccc(-c3cc(-c4ccccc4)nc(-c4ccccc4)n3)cc2)(C(F)(F)F)C(F)(F)F)cc1. The summed E-state index contributed by atoms with van der Waals surface area (Å²) in [6, 6.07) is 40.6. The van der Waals surface area contributed by atoms with E-state index < -0.39 is 28.9 Å². The van der Waals surface area contributed by atoms with Gasteiger partial charge in [-0.15, -0.1) is 0 Å². The molecule has 6 aromatic carbocycles. The number of aromatic nitrogens is 3. The first kappa shape index (κ1) is 34.8. The third kappa shape index (κ3) is 5.80. The number of fused-ring (bicyclic) bond motifs is 3. The third-order valence-corrected chi connectivity index (χ3v) is 9.93. The topological polar surface area (TPSA) is 30.7 Å². The van der Waals surface area contributed by atoms with Gasteiger partial charge in [-0.2, -0.15) is 26.3 Å². The summed E-state index contributed by atoms with van der Waals surface area (Å²) in [6.07, 6.45) is -11.5. The molecule has 0 aliphatic carbocycles. The maximum atomic E-state index is 15.3. The lowest BCUT2D eigenvalue weighted by molar-refractivity contribution is -0.288. The predicted molar refractivity (Wildman–Crippen MR) is 201 cm³/mol. The Hall–Kier alpha value is -6.22. The van der Waals surface area contributed by atoms with Gasteiger partial charge in [0, 0.05) is 33.2 Å². The molecule has 0 bridgehead atoms. The number of hydrogen-bond donors (Lipinski definition) is 0. The number of aryl methyl sites for hydroxylation is 2. The van der Waals surface area contributed by atoms with Crippen molar-refractivity contribution < 1.29 is 26.3 Å². The molecule has 0 amide bonds. The minimum Gasteiger partial charge on any atom is -0.309 e. The highest BCUT2D eigenvalue weighted by Gasteiger charge is 2.72. The molecular weight excluding hydrogens is 697 g/mol. The van der Waals surface area contributed by atoms with Crippen LogP contribution in [0.2, 0.25) is 0 Å². The van der Waals surface area contributed by atoms with Crippen LogP contribution in [0, 0.1) is 13.8 Å². The molecule has 0 saturated heterocycles. The molecule has 2 aromatic heterocycles. The van der Waals surface area contributed by atoms with Crippen molar-refractivity contribution in [3.63, 3.8) is 0 Å². The summed E-state index contributed by atoms with van der Waals surface area (Å²) < 4.78 is 93.5. The smallest absolute Gasteiger partial charge is 0.309 e. The van der Waals surface area contributed by atoms with Crippen LogP contribution < -0.4 is 0 Å². The first-order chi connectivity index (χ1) is 25.8. The predicted octanol–water partition coefficient (Wildman–Crippen LogP) is 12.6. The number of benzene rings is 6. The first-order valence-corrected chi connectivity index (χ1v) is 17.2. The van der Waals surface area contributed by atoms with Crippen LogP contribution in [0.15, 0.2) is 152 Å². The van der Waals surface area contributed by atoms with Gasteiger partial charge in [-0.1, -0.05) is 120 Å². The molecule has 0 fully saturated rings. The van der Waals surface area contributed by atoms with Gasteiger partial charge in [0.15, 0.2) is 5.82 Å². The number of hydrogen-bond acceptors (Lipinski definition) is 2. The van der Waals surface area contributed by atoms with E-state index in [1.165, 1.54) is 24.3 Å². The van der Waals surface area contributed by atoms with E-state index in [2.05, 4.69) is 4.98 Å². The molecule has 2 heterocycles. The van der Waals surface area contributed by atoms with Gasteiger partial charge >= 0.3 is 12.4 Å². The lowest BCUT2D eigenvalue weighted by Crippen LogP contribution is -2.54. The van der Waals surface area contributed by atoms with Crippen LogP contribution in [-0.4, -0.2) is 26.9 Å². The van der Waals surface area contributed by atoms with Gasteiger partial charge in [-0.05, 0) is 67.4 Å². The van der Waals surface area contributed by atoms with Crippen LogP contribution in [-0.2, 0) is 5.41 Å². The van der Waals surface area contributed by atoms with E-state index in [0.717, 1.165) is 62.8 Å². The van der Waals surface area contributed by atoms with E-state index in [1.54, 1.807) is 6.07 Å². The molecule has 8 aromatic rings. The Kier molecular flexibility index (Phi) is 8.40. The number of nitrogens with zero attached hydrogens (tertiary/aromatic N) is 3.